The predicted molar refractivity (Wildman–Crippen MR) is 146 cm³/mol. The highest BCUT2D eigenvalue weighted by atomic mass is 32.1. The van der Waals surface area contributed by atoms with E-state index in [4.69, 9.17) is 0 Å². The van der Waals surface area contributed by atoms with Crippen molar-refractivity contribution in [3.8, 4) is 11.4 Å². The Morgan fingerprint density at radius 1 is 1.19 bits per heavy atom. The summed E-state index contributed by atoms with van der Waals surface area (Å²) in [6.07, 6.45) is 5.06. The number of hydrogen-bond acceptors (Lipinski definition) is 5. The number of pyridine rings is 1. The number of nitrogens with one attached hydrogen (secondary N) is 2. The fraction of sp³-hybridized carbons (Fsp3) is 0.462. The Hall–Kier alpha value is -3.08. The van der Waals surface area contributed by atoms with Crippen LogP contribution in [0.1, 0.15) is 62.5 Å². The van der Waals surface area contributed by atoms with Gasteiger partial charge in [0.25, 0.3) is 5.91 Å². The summed E-state index contributed by atoms with van der Waals surface area (Å²) in [6.45, 7) is 9.30. The summed E-state index contributed by atoms with van der Waals surface area (Å²) >= 11 is 1.31. The zero-order valence-corrected chi connectivity index (χ0v) is 22.9. The summed E-state index contributed by atoms with van der Waals surface area (Å²) in [4.78, 5) is 32.8. The average Bonchev–Trinajstić information content (AvgIpc) is 3.52. The Morgan fingerprint density at radius 2 is 1.95 bits per heavy atom. The highest BCUT2D eigenvalue weighted by Gasteiger charge is 2.24. The van der Waals surface area contributed by atoms with Gasteiger partial charge >= 0.3 is 0 Å². The predicted octanol–water partition coefficient (Wildman–Crippen LogP) is 6.06. The van der Waals surface area contributed by atoms with Gasteiger partial charge in [-0.15, -0.1) is 11.3 Å². The maximum absolute atomic E-state index is 12.6. The van der Waals surface area contributed by atoms with Crippen LogP contribution in [0.5, 0.6) is 0 Å². The smallest absolute Gasteiger partial charge is 0.253 e. The standard InChI is InChI=1S/C17H17BN5O2S.C9H18F2/c1-11-4-3-5-13(20-11)14-10-26-17(21-14)22-15(24)8-19-16(25)12-6-7-23(9-12)18-2;1-4-9(10,11)7-5-6-8(2)3/h3-7,9-10H,8H2,1-2H3,(H,19,25)(H,21,22,24);8H,4-7H2,1-3H3. The molecule has 0 aliphatic heterocycles. The average molecular weight is 530 g/mol. The molecule has 2 amide bonds. The van der Waals surface area contributed by atoms with Gasteiger partial charge in [0.05, 0.1) is 17.8 Å². The highest BCUT2D eigenvalue weighted by Crippen LogP contribution is 2.25. The van der Waals surface area contributed by atoms with Gasteiger partial charge < -0.3 is 15.1 Å². The van der Waals surface area contributed by atoms with Crippen molar-refractivity contribution in [2.45, 2.75) is 66.1 Å². The number of halogens is 2. The Balaban J connectivity index is 0.000000371. The molecule has 3 aromatic heterocycles. The third-order valence-electron chi connectivity index (χ3n) is 5.43. The molecule has 199 valence electrons. The van der Waals surface area contributed by atoms with Gasteiger partial charge in [0.1, 0.15) is 5.69 Å². The monoisotopic (exact) mass is 530 g/mol. The Morgan fingerprint density at radius 3 is 2.57 bits per heavy atom. The first kappa shape index (κ1) is 30.2. The number of hydrogen-bond donors (Lipinski definition) is 2. The van der Waals surface area contributed by atoms with Crippen LogP contribution in [-0.2, 0) is 4.79 Å². The normalized spacial score (nSPS) is 11.0. The van der Waals surface area contributed by atoms with E-state index in [1.807, 2.05) is 44.7 Å². The number of alkyl halides is 2. The summed E-state index contributed by atoms with van der Waals surface area (Å²) in [5, 5.41) is 7.57. The van der Waals surface area contributed by atoms with E-state index in [9.17, 15) is 18.4 Å². The number of aromatic nitrogens is 3. The van der Waals surface area contributed by atoms with Crippen LogP contribution in [-0.4, -0.2) is 46.1 Å². The van der Waals surface area contributed by atoms with Gasteiger partial charge in [-0.05, 0) is 43.7 Å². The van der Waals surface area contributed by atoms with Gasteiger partial charge in [-0.25, -0.2) is 13.8 Å². The number of nitrogens with zero attached hydrogens (tertiary/aromatic N) is 3. The molecular formula is C26H35BF2N5O2S. The van der Waals surface area contributed by atoms with Crippen LogP contribution in [0, 0.1) is 12.8 Å². The number of carbonyl (C=O) groups is 2. The van der Waals surface area contributed by atoms with Crippen LogP contribution in [0.3, 0.4) is 0 Å². The third-order valence-corrected chi connectivity index (χ3v) is 6.18. The quantitative estimate of drug-likeness (QED) is 0.295. The van der Waals surface area contributed by atoms with Crippen LogP contribution in [0.15, 0.2) is 42.0 Å². The molecule has 1 radical (unpaired) electrons. The van der Waals surface area contributed by atoms with E-state index in [0.29, 0.717) is 28.7 Å². The van der Waals surface area contributed by atoms with Crippen LogP contribution < -0.4 is 10.6 Å². The highest BCUT2D eigenvalue weighted by molar-refractivity contribution is 7.14. The Bertz CT molecular complexity index is 1150. The lowest BCUT2D eigenvalue weighted by atomic mass is 10.0. The maximum atomic E-state index is 12.6. The van der Waals surface area contributed by atoms with Crippen molar-refractivity contribution < 1.29 is 18.4 Å². The lowest BCUT2D eigenvalue weighted by Crippen LogP contribution is -2.32. The van der Waals surface area contributed by atoms with Gasteiger partial charge in [0, 0.05) is 30.1 Å². The molecular weight excluding hydrogens is 495 g/mol. The Labute approximate surface area is 222 Å². The molecule has 0 saturated heterocycles. The minimum atomic E-state index is -2.42. The van der Waals surface area contributed by atoms with Crippen LogP contribution in [0.25, 0.3) is 11.4 Å². The zero-order chi connectivity index (χ0) is 27.4. The molecule has 7 nitrogen and oxygen atoms in total. The molecule has 0 aromatic carbocycles. The fourth-order valence-electron chi connectivity index (χ4n) is 3.21. The van der Waals surface area contributed by atoms with E-state index in [1.54, 1.807) is 22.9 Å². The van der Waals surface area contributed by atoms with Crippen molar-refractivity contribution in [2.24, 2.45) is 5.92 Å². The minimum absolute atomic E-state index is 0.0227. The SMILES string of the molecule is CCC(F)(F)CCCC(C)C.C[B]n1ccc(C(=O)NCC(=O)Nc2nc(-c3cccc(C)n3)cs2)c1. The van der Waals surface area contributed by atoms with Crippen LogP contribution in [0.2, 0.25) is 6.82 Å². The molecule has 3 heterocycles. The lowest BCUT2D eigenvalue weighted by molar-refractivity contribution is -0.115. The minimum Gasteiger partial charge on any atom is -0.402 e. The molecule has 2 N–H and O–H groups in total. The first-order chi connectivity index (χ1) is 17.5. The molecule has 37 heavy (non-hydrogen) atoms. The molecule has 0 atom stereocenters. The van der Waals surface area contributed by atoms with Gasteiger partial charge in [0.2, 0.25) is 19.2 Å². The number of carbonyl (C=O) groups excluding carboxylic acids is 2. The van der Waals surface area contributed by atoms with Gasteiger partial charge in [-0.3, -0.25) is 14.6 Å². The second-order valence-corrected chi connectivity index (χ2v) is 9.89. The van der Waals surface area contributed by atoms with Crippen molar-refractivity contribution in [3.63, 3.8) is 0 Å². The van der Waals surface area contributed by atoms with E-state index >= 15 is 0 Å². The lowest BCUT2D eigenvalue weighted by Gasteiger charge is -2.13. The number of rotatable bonds is 11. The van der Waals surface area contributed by atoms with Gasteiger partial charge in [-0.1, -0.05) is 40.1 Å². The first-order valence-electron chi connectivity index (χ1n) is 12.4. The van der Waals surface area contributed by atoms with Crippen molar-refractivity contribution >= 4 is 35.7 Å². The molecule has 11 heteroatoms. The summed E-state index contributed by atoms with van der Waals surface area (Å²) in [5.74, 6) is -2.51. The Kier molecular flexibility index (Phi) is 11.9. The molecule has 3 aromatic rings. The third kappa shape index (κ3) is 10.8. The molecule has 0 bridgehead atoms. The van der Waals surface area contributed by atoms with E-state index in [-0.39, 0.29) is 31.2 Å². The summed E-state index contributed by atoms with van der Waals surface area (Å²) < 4.78 is 27.0. The second-order valence-electron chi connectivity index (χ2n) is 9.03. The summed E-state index contributed by atoms with van der Waals surface area (Å²) in [5.41, 5.74) is 2.86. The fourth-order valence-corrected chi connectivity index (χ4v) is 3.93. The summed E-state index contributed by atoms with van der Waals surface area (Å²) in [7, 11) is 1.83. The number of thiazole rings is 1. The largest absolute Gasteiger partial charge is 0.402 e. The molecule has 0 aliphatic rings. The molecule has 0 fully saturated rings. The number of anilines is 1. The van der Waals surface area contributed by atoms with Crippen LogP contribution >= 0.6 is 11.3 Å². The topological polar surface area (TPSA) is 88.9 Å². The van der Waals surface area contributed by atoms with E-state index in [0.717, 1.165) is 17.8 Å². The van der Waals surface area contributed by atoms with Gasteiger partial charge in [-0.2, -0.15) is 0 Å². The molecule has 0 unspecified atom stereocenters. The second kappa shape index (κ2) is 14.6. The summed E-state index contributed by atoms with van der Waals surface area (Å²) in [6, 6.07) is 7.38. The molecule has 0 saturated carbocycles. The molecule has 3 rings (SSSR count). The van der Waals surface area contributed by atoms with Gasteiger partial charge in [0.15, 0.2) is 5.13 Å². The van der Waals surface area contributed by atoms with Crippen molar-refractivity contribution in [3.05, 3.63) is 53.3 Å². The molecule has 0 aliphatic carbocycles. The number of amides is 2. The van der Waals surface area contributed by atoms with Crippen LogP contribution in [0.4, 0.5) is 13.9 Å². The van der Waals surface area contributed by atoms with E-state index < -0.39 is 5.92 Å². The van der Waals surface area contributed by atoms with E-state index in [1.165, 1.54) is 18.3 Å². The first-order valence-corrected chi connectivity index (χ1v) is 13.2. The van der Waals surface area contributed by atoms with Crippen molar-refractivity contribution in [1.82, 2.24) is 19.8 Å². The van der Waals surface area contributed by atoms with E-state index in [2.05, 4.69) is 34.4 Å². The maximum Gasteiger partial charge on any atom is 0.253 e. The molecule has 0 spiro atoms. The number of aryl methyl sites for hydroxylation is 1. The van der Waals surface area contributed by atoms with Crippen molar-refractivity contribution in [1.29, 1.82) is 0 Å². The zero-order valence-electron chi connectivity index (χ0n) is 22.1. The van der Waals surface area contributed by atoms with Crippen molar-refractivity contribution in [2.75, 3.05) is 11.9 Å².